The van der Waals surface area contributed by atoms with E-state index in [1.807, 2.05) is 0 Å². The van der Waals surface area contributed by atoms with Crippen LogP contribution in [0.1, 0.15) is 45.4 Å². The standard InChI is InChI=1S/C11H19N3O/c1-8(2)10-12-11(15-13-10)14-6-4-9(3)5-7-14/h8-9H,4-7H2,1-3H3. The van der Waals surface area contributed by atoms with Gasteiger partial charge in [0.05, 0.1) is 0 Å². The van der Waals surface area contributed by atoms with Crippen LogP contribution in [-0.2, 0) is 0 Å². The average Bonchev–Trinajstić information content (AvgIpc) is 2.68. The molecule has 84 valence electrons. The highest BCUT2D eigenvalue weighted by Crippen LogP contribution is 2.22. The SMILES string of the molecule is CC1CCN(c2nc(C(C)C)no2)CC1. The quantitative estimate of drug-likeness (QED) is 0.750. The molecule has 0 aromatic carbocycles. The predicted octanol–water partition coefficient (Wildman–Crippen LogP) is 2.43. The van der Waals surface area contributed by atoms with E-state index in [-0.39, 0.29) is 0 Å². The molecule has 15 heavy (non-hydrogen) atoms. The van der Waals surface area contributed by atoms with Gasteiger partial charge in [0.15, 0.2) is 5.82 Å². The first-order valence-electron chi connectivity index (χ1n) is 5.75. The van der Waals surface area contributed by atoms with E-state index in [4.69, 9.17) is 4.52 Å². The van der Waals surface area contributed by atoms with Crippen LogP contribution >= 0.6 is 0 Å². The summed E-state index contributed by atoms with van der Waals surface area (Å²) in [6, 6.07) is 0.700. The van der Waals surface area contributed by atoms with Gasteiger partial charge in [0.1, 0.15) is 0 Å². The van der Waals surface area contributed by atoms with E-state index >= 15 is 0 Å². The Kier molecular flexibility index (Phi) is 2.93. The Morgan fingerprint density at radius 3 is 2.53 bits per heavy atom. The fraction of sp³-hybridized carbons (Fsp3) is 0.818. The minimum absolute atomic E-state index is 0.339. The van der Waals surface area contributed by atoms with Crippen LogP contribution in [0.2, 0.25) is 0 Å². The van der Waals surface area contributed by atoms with Crippen molar-refractivity contribution in [3.8, 4) is 0 Å². The molecule has 0 saturated carbocycles. The zero-order valence-electron chi connectivity index (χ0n) is 9.73. The Morgan fingerprint density at radius 2 is 2.00 bits per heavy atom. The van der Waals surface area contributed by atoms with Gasteiger partial charge in [-0.1, -0.05) is 25.9 Å². The molecule has 2 heterocycles. The largest absolute Gasteiger partial charge is 0.324 e. The van der Waals surface area contributed by atoms with Gasteiger partial charge >= 0.3 is 6.01 Å². The Balaban J connectivity index is 2.03. The van der Waals surface area contributed by atoms with Crippen LogP contribution in [0.15, 0.2) is 4.52 Å². The summed E-state index contributed by atoms with van der Waals surface area (Å²) in [7, 11) is 0. The second-order valence-electron chi connectivity index (χ2n) is 4.76. The first-order valence-corrected chi connectivity index (χ1v) is 5.75. The van der Waals surface area contributed by atoms with Crippen LogP contribution in [0.4, 0.5) is 6.01 Å². The van der Waals surface area contributed by atoms with Gasteiger partial charge < -0.3 is 9.42 Å². The van der Waals surface area contributed by atoms with Gasteiger partial charge in [0.25, 0.3) is 0 Å². The van der Waals surface area contributed by atoms with Crippen molar-refractivity contribution in [1.82, 2.24) is 10.1 Å². The maximum Gasteiger partial charge on any atom is 0.324 e. The van der Waals surface area contributed by atoms with Crippen molar-refractivity contribution in [3.05, 3.63) is 5.82 Å². The van der Waals surface area contributed by atoms with E-state index in [1.165, 1.54) is 12.8 Å². The lowest BCUT2D eigenvalue weighted by Crippen LogP contribution is -2.32. The van der Waals surface area contributed by atoms with E-state index < -0.39 is 0 Å². The zero-order valence-corrected chi connectivity index (χ0v) is 9.73. The molecule has 1 aromatic heterocycles. The maximum absolute atomic E-state index is 5.27. The van der Waals surface area contributed by atoms with Gasteiger partial charge in [-0.05, 0) is 18.8 Å². The van der Waals surface area contributed by atoms with Crippen molar-refractivity contribution in [1.29, 1.82) is 0 Å². The lowest BCUT2D eigenvalue weighted by molar-refractivity contribution is 0.372. The second kappa shape index (κ2) is 4.21. The zero-order chi connectivity index (χ0) is 10.8. The molecule has 1 saturated heterocycles. The summed E-state index contributed by atoms with van der Waals surface area (Å²) in [5.74, 6) is 1.98. The molecule has 0 amide bonds. The minimum atomic E-state index is 0.339. The highest BCUT2D eigenvalue weighted by Gasteiger charge is 2.21. The van der Waals surface area contributed by atoms with E-state index in [0.717, 1.165) is 24.8 Å². The summed E-state index contributed by atoms with van der Waals surface area (Å²) in [5.41, 5.74) is 0. The van der Waals surface area contributed by atoms with Crippen molar-refractivity contribution in [2.24, 2.45) is 5.92 Å². The summed E-state index contributed by atoms with van der Waals surface area (Å²) < 4.78 is 5.27. The van der Waals surface area contributed by atoms with Gasteiger partial charge in [-0.3, -0.25) is 0 Å². The number of anilines is 1. The summed E-state index contributed by atoms with van der Waals surface area (Å²) in [6.45, 7) is 8.53. The molecule has 1 aromatic rings. The molecule has 0 atom stereocenters. The summed E-state index contributed by atoms with van der Waals surface area (Å²) in [5, 5.41) is 3.98. The third kappa shape index (κ3) is 2.30. The van der Waals surface area contributed by atoms with Crippen LogP contribution < -0.4 is 4.90 Å². The highest BCUT2D eigenvalue weighted by molar-refractivity contribution is 5.25. The molecular formula is C11H19N3O. The summed E-state index contributed by atoms with van der Waals surface area (Å²) in [4.78, 5) is 6.60. The fourth-order valence-electron chi connectivity index (χ4n) is 1.79. The average molecular weight is 209 g/mol. The Labute approximate surface area is 90.7 Å². The lowest BCUT2D eigenvalue weighted by atomic mass is 10.00. The van der Waals surface area contributed by atoms with E-state index in [9.17, 15) is 0 Å². The molecule has 0 unspecified atom stereocenters. The first kappa shape index (κ1) is 10.5. The number of hydrogen-bond donors (Lipinski definition) is 0. The van der Waals surface area contributed by atoms with Gasteiger partial charge in [-0.15, -0.1) is 0 Å². The fourth-order valence-corrected chi connectivity index (χ4v) is 1.79. The molecule has 4 heteroatoms. The Bertz CT molecular complexity index is 313. The molecule has 1 aliphatic heterocycles. The number of piperidine rings is 1. The van der Waals surface area contributed by atoms with Crippen LogP contribution in [0, 0.1) is 5.92 Å². The second-order valence-corrected chi connectivity index (χ2v) is 4.76. The van der Waals surface area contributed by atoms with Crippen molar-refractivity contribution >= 4 is 6.01 Å². The Morgan fingerprint density at radius 1 is 1.33 bits per heavy atom. The minimum Gasteiger partial charge on any atom is -0.324 e. The number of rotatable bonds is 2. The summed E-state index contributed by atoms with van der Waals surface area (Å²) in [6.07, 6.45) is 2.44. The van der Waals surface area contributed by atoms with Crippen LogP contribution in [0.25, 0.3) is 0 Å². The van der Waals surface area contributed by atoms with Gasteiger partial charge in [0, 0.05) is 19.0 Å². The third-order valence-corrected chi connectivity index (χ3v) is 3.00. The van der Waals surface area contributed by atoms with Crippen LogP contribution in [0.3, 0.4) is 0 Å². The number of aromatic nitrogens is 2. The van der Waals surface area contributed by atoms with E-state index in [0.29, 0.717) is 11.9 Å². The molecule has 0 N–H and O–H groups in total. The van der Waals surface area contributed by atoms with Crippen LogP contribution in [0.5, 0.6) is 0 Å². The highest BCUT2D eigenvalue weighted by atomic mass is 16.5. The summed E-state index contributed by atoms with van der Waals surface area (Å²) >= 11 is 0. The molecular weight excluding hydrogens is 190 g/mol. The van der Waals surface area contributed by atoms with Gasteiger partial charge in [0.2, 0.25) is 0 Å². The number of nitrogens with zero attached hydrogens (tertiary/aromatic N) is 3. The molecule has 0 radical (unpaired) electrons. The maximum atomic E-state index is 5.27. The van der Waals surface area contributed by atoms with Crippen molar-refractivity contribution < 1.29 is 4.52 Å². The van der Waals surface area contributed by atoms with Crippen LogP contribution in [-0.4, -0.2) is 23.2 Å². The molecule has 2 rings (SSSR count). The van der Waals surface area contributed by atoms with Crippen molar-refractivity contribution in [2.75, 3.05) is 18.0 Å². The molecule has 0 aliphatic carbocycles. The van der Waals surface area contributed by atoms with Gasteiger partial charge in [-0.2, -0.15) is 4.98 Å². The van der Waals surface area contributed by atoms with E-state index in [1.54, 1.807) is 0 Å². The van der Waals surface area contributed by atoms with E-state index in [2.05, 4.69) is 35.8 Å². The van der Waals surface area contributed by atoms with Crippen molar-refractivity contribution in [2.45, 2.75) is 39.5 Å². The predicted molar refractivity (Wildman–Crippen MR) is 59.0 cm³/mol. The first-order chi connectivity index (χ1) is 7.16. The van der Waals surface area contributed by atoms with Crippen molar-refractivity contribution in [3.63, 3.8) is 0 Å². The lowest BCUT2D eigenvalue weighted by Gasteiger charge is -2.28. The molecule has 1 aliphatic rings. The monoisotopic (exact) mass is 209 g/mol. The van der Waals surface area contributed by atoms with Gasteiger partial charge in [-0.25, -0.2) is 0 Å². The molecule has 0 bridgehead atoms. The molecule has 1 fully saturated rings. The third-order valence-electron chi connectivity index (χ3n) is 3.00. The smallest absolute Gasteiger partial charge is 0.324 e. The Hall–Kier alpha value is -1.06. The normalized spacial score (nSPS) is 18.8. The molecule has 0 spiro atoms. The topological polar surface area (TPSA) is 42.2 Å². The molecule has 4 nitrogen and oxygen atoms in total. The number of hydrogen-bond acceptors (Lipinski definition) is 4.